The van der Waals surface area contributed by atoms with Gasteiger partial charge in [0.15, 0.2) is 0 Å². The molecule has 1 aliphatic heterocycles. The third-order valence-corrected chi connectivity index (χ3v) is 5.27. The molecule has 0 aliphatic carbocycles. The first-order chi connectivity index (χ1) is 12.5. The zero-order chi connectivity index (χ0) is 18.4. The normalized spacial score (nSPS) is 17.7. The highest BCUT2D eigenvalue weighted by molar-refractivity contribution is 5.97. The summed E-state index contributed by atoms with van der Waals surface area (Å²) >= 11 is 0. The van der Waals surface area contributed by atoms with Crippen molar-refractivity contribution in [3.05, 3.63) is 59.4 Å². The summed E-state index contributed by atoms with van der Waals surface area (Å²) in [5.41, 5.74) is 5.55. The van der Waals surface area contributed by atoms with Gasteiger partial charge in [0.05, 0.1) is 11.0 Å². The van der Waals surface area contributed by atoms with Crippen molar-refractivity contribution in [2.45, 2.75) is 46.1 Å². The van der Waals surface area contributed by atoms with Crippen molar-refractivity contribution in [2.75, 3.05) is 11.4 Å². The predicted octanol–water partition coefficient (Wildman–Crippen LogP) is 4.75. The van der Waals surface area contributed by atoms with E-state index in [1.165, 1.54) is 5.56 Å². The largest absolute Gasteiger partial charge is 0.325 e. The van der Waals surface area contributed by atoms with E-state index in [1.807, 2.05) is 11.0 Å². The van der Waals surface area contributed by atoms with Gasteiger partial charge in [-0.3, -0.25) is 4.79 Å². The third kappa shape index (κ3) is 2.70. The molecule has 1 aromatic heterocycles. The molecule has 2 heterocycles. The molecule has 0 radical (unpaired) electrons. The number of rotatable bonds is 3. The first kappa shape index (κ1) is 16.8. The van der Waals surface area contributed by atoms with Crippen LogP contribution in [0.3, 0.4) is 0 Å². The van der Waals surface area contributed by atoms with Gasteiger partial charge < -0.3 is 9.47 Å². The van der Waals surface area contributed by atoms with Crippen LogP contribution in [-0.4, -0.2) is 22.0 Å². The Hall–Kier alpha value is -2.62. The number of aromatic nitrogens is 2. The van der Waals surface area contributed by atoms with E-state index in [0.717, 1.165) is 28.1 Å². The fourth-order valence-corrected chi connectivity index (χ4v) is 4.12. The summed E-state index contributed by atoms with van der Waals surface area (Å²) < 4.78 is 2.29. The van der Waals surface area contributed by atoms with Crippen molar-refractivity contribution >= 4 is 22.6 Å². The molecule has 1 atom stereocenters. The Kier molecular flexibility index (Phi) is 4.06. The highest BCUT2D eigenvalue weighted by atomic mass is 16.2. The van der Waals surface area contributed by atoms with Gasteiger partial charge in [0.2, 0.25) is 5.91 Å². The Morgan fingerprint density at radius 2 is 1.88 bits per heavy atom. The topological polar surface area (TPSA) is 38.1 Å². The van der Waals surface area contributed by atoms with Crippen LogP contribution in [0.25, 0.3) is 11.0 Å². The van der Waals surface area contributed by atoms with Crippen LogP contribution in [-0.2, 0) is 4.79 Å². The summed E-state index contributed by atoms with van der Waals surface area (Å²) in [5, 5.41) is 0. The predicted molar refractivity (Wildman–Crippen MR) is 106 cm³/mol. The standard InChI is InChI=1S/C22H25N3O/c1-14(2)25-20-8-6-5-7-18(20)23-22(25)17-12-21(26)24(13-17)19-10-9-15(3)11-16(19)4/h5-11,14,17H,12-13H2,1-4H3/t17-/m1/s1. The summed E-state index contributed by atoms with van der Waals surface area (Å²) in [4.78, 5) is 19.6. The Morgan fingerprint density at radius 1 is 1.12 bits per heavy atom. The molecule has 134 valence electrons. The molecule has 0 bridgehead atoms. The van der Waals surface area contributed by atoms with E-state index in [4.69, 9.17) is 4.98 Å². The second-order valence-corrected chi connectivity index (χ2v) is 7.62. The van der Waals surface area contributed by atoms with E-state index in [1.54, 1.807) is 0 Å². The SMILES string of the molecule is Cc1ccc(N2C[C@H](c3nc4ccccc4n3C(C)C)CC2=O)c(C)c1. The molecule has 0 unspecified atom stereocenters. The molecule has 0 saturated carbocycles. The number of aryl methyl sites for hydroxylation is 2. The minimum Gasteiger partial charge on any atom is -0.325 e. The first-order valence-corrected chi connectivity index (χ1v) is 9.30. The van der Waals surface area contributed by atoms with E-state index in [9.17, 15) is 4.79 Å². The summed E-state index contributed by atoms with van der Waals surface area (Å²) in [7, 11) is 0. The van der Waals surface area contributed by atoms with E-state index >= 15 is 0 Å². The van der Waals surface area contributed by atoms with Gasteiger partial charge in [0.1, 0.15) is 5.82 Å². The van der Waals surface area contributed by atoms with E-state index in [0.29, 0.717) is 19.0 Å². The summed E-state index contributed by atoms with van der Waals surface area (Å²) in [6.07, 6.45) is 0.517. The Labute approximate surface area is 154 Å². The van der Waals surface area contributed by atoms with E-state index < -0.39 is 0 Å². The summed E-state index contributed by atoms with van der Waals surface area (Å²) in [5.74, 6) is 1.34. The zero-order valence-corrected chi connectivity index (χ0v) is 15.9. The summed E-state index contributed by atoms with van der Waals surface area (Å²) in [6.45, 7) is 9.20. The lowest BCUT2D eigenvalue weighted by molar-refractivity contribution is -0.117. The van der Waals surface area contributed by atoms with Gasteiger partial charge in [0.25, 0.3) is 0 Å². The van der Waals surface area contributed by atoms with Crippen LogP contribution in [0.2, 0.25) is 0 Å². The smallest absolute Gasteiger partial charge is 0.227 e. The van der Waals surface area contributed by atoms with Crippen LogP contribution in [0.4, 0.5) is 5.69 Å². The quantitative estimate of drug-likeness (QED) is 0.685. The fraction of sp³-hybridized carbons (Fsp3) is 0.364. The molecule has 0 spiro atoms. The van der Waals surface area contributed by atoms with Crippen molar-refractivity contribution < 1.29 is 4.79 Å². The lowest BCUT2D eigenvalue weighted by Crippen LogP contribution is -2.25. The maximum atomic E-state index is 12.8. The number of fused-ring (bicyclic) bond motifs is 1. The van der Waals surface area contributed by atoms with Crippen molar-refractivity contribution in [2.24, 2.45) is 0 Å². The van der Waals surface area contributed by atoms with Gasteiger partial charge in [-0.15, -0.1) is 0 Å². The van der Waals surface area contributed by atoms with Gasteiger partial charge in [-0.1, -0.05) is 29.8 Å². The van der Waals surface area contributed by atoms with E-state index in [-0.39, 0.29) is 11.8 Å². The number of carbonyl (C=O) groups excluding carboxylic acids is 1. The van der Waals surface area contributed by atoms with Gasteiger partial charge in [0, 0.05) is 30.6 Å². The molecular weight excluding hydrogens is 322 g/mol. The number of benzene rings is 2. The first-order valence-electron chi connectivity index (χ1n) is 9.30. The number of amides is 1. The molecule has 1 amide bonds. The highest BCUT2D eigenvalue weighted by Crippen LogP contribution is 2.35. The van der Waals surface area contributed by atoms with Crippen molar-refractivity contribution in [3.8, 4) is 0 Å². The molecule has 4 nitrogen and oxygen atoms in total. The number of carbonyl (C=O) groups is 1. The van der Waals surface area contributed by atoms with Gasteiger partial charge in [-0.2, -0.15) is 0 Å². The molecule has 26 heavy (non-hydrogen) atoms. The van der Waals surface area contributed by atoms with Crippen molar-refractivity contribution in [1.82, 2.24) is 9.55 Å². The van der Waals surface area contributed by atoms with Crippen LogP contribution in [0.15, 0.2) is 42.5 Å². The summed E-state index contributed by atoms with van der Waals surface area (Å²) in [6, 6.07) is 14.8. The second-order valence-electron chi connectivity index (χ2n) is 7.62. The van der Waals surface area contributed by atoms with Crippen molar-refractivity contribution in [3.63, 3.8) is 0 Å². The van der Waals surface area contributed by atoms with Gasteiger partial charge >= 0.3 is 0 Å². The van der Waals surface area contributed by atoms with Crippen molar-refractivity contribution in [1.29, 1.82) is 0 Å². The highest BCUT2D eigenvalue weighted by Gasteiger charge is 2.35. The van der Waals surface area contributed by atoms with Gasteiger partial charge in [-0.05, 0) is 51.5 Å². The molecule has 1 fully saturated rings. The minimum atomic E-state index is 0.123. The van der Waals surface area contributed by atoms with Crippen LogP contribution in [0, 0.1) is 13.8 Å². The molecular formula is C22H25N3O. The fourth-order valence-electron chi connectivity index (χ4n) is 4.12. The monoisotopic (exact) mass is 347 g/mol. The number of imidazole rings is 1. The average Bonchev–Trinajstić information content (AvgIpc) is 3.15. The Morgan fingerprint density at radius 3 is 2.62 bits per heavy atom. The van der Waals surface area contributed by atoms with E-state index in [2.05, 4.69) is 68.7 Å². The number of para-hydroxylation sites is 2. The number of nitrogens with zero attached hydrogens (tertiary/aromatic N) is 3. The Bertz CT molecular complexity index is 986. The second kappa shape index (κ2) is 6.27. The number of hydrogen-bond acceptors (Lipinski definition) is 2. The lowest BCUT2D eigenvalue weighted by atomic mass is 10.1. The molecule has 0 N–H and O–H groups in total. The molecule has 1 aliphatic rings. The minimum absolute atomic E-state index is 0.123. The zero-order valence-electron chi connectivity index (χ0n) is 15.9. The molecule has 2 aromatic carbocycles. The molecule has 4 rings (SSSR count). The molecule has 4 heteroatoms. The number of anilines is 1. The average molecular weight is 347 g/mol. The van der Waals surface area contributed by atoms with Crippen LogP contribution in [0.1, 0.15) is 49.2 Å². The van der Waals surface area contributed by atoms with Gasteiger partial charge in [-0.25, -0.2) is 4.98 Å². The number of hydrogen-bond donors (Lipinski definition) is 0. The molecule has 1 saturated heterocycles. The lowest BCUT2D eigenvalue weighted by Gasteiger charge is -2.20. The Balaban J connectivity index is 1.73. The molecule has 3 aromatic rings. The van der Waals surface area contributed by atoms with Crippen LogP contribution in [0.5, 0.6) is 0 Å². The maximum Gasteiger partial charge on any atom is 0.227 e. The van der Waals surface area contributed by atoms with Crippen LogP contribution < -0.4 is 4.90 Å². The van der Waals surface area contributed by atoms with Crippen LogP contribution >= 0.6 is 0 Å². The third-order valence-electron chi connectivity index (χ3n) is 5.27. The maximum absolute atomic E-state index is 12.8.